The minimum Gasteiger partial charge on any atom is -0.464 e. The van der Waals surface area contributed by atoms with Gasteiger partial charge in [0, 0.05) is 5.39 Å². The van der Waals surface area contributed by atoms with E-state index in [1.165, 1.54) is 6.26 Å². The molecule has 0 atom stereocenters. The number of hydrogen-bond acceptors (Lipinski definition) is 4. The van der Waals surface area contributed by atoms with E-state index in [0.717, 1.165) is 0 Å². The molecule has 0 fully saturated rings. The van der Waals surface area contributed by atoms with Crippen LogP contribution in [0.25, 0.3) is 11.0 Å². The first-order valence-electron chi connectivity index (χ1n) is 6.09. The number of carbonyl (C=O) groups is 1. The molecule has 1 aromatic carbocycles. The molecule has 102 valence electrons. The SMILES string of the molecule is CC(C)CS(=O)(=O)CC(=O)c1coc2ccccc12. The zero-order valence-corrected chi connectivity index (χ0v) is 11.7. The van der Waals surface area contributed by atoms with Crippen LogP contribution in [-0.4, -0.2) is 25.7 Å². The van der Waals surface area contributed by atoms with E-state index >= 15 is 0 Å². The maximum atomic E-state index is 12.1. The molecule has 1 aromatic heterocycles. The predicted molar refractivity (Wildman–Crippen MR) is 74.0 cm³/mol. The van der Waals surface area contributed by atoms with E-state index in [0.29, 0.717) is 16.5 Å². The fourth-order valence-electron chi connectivity index (χ4n) is 2.04. The molecule has 4 nitrogen and oxygen atoms in total. The monoisotopic (exact) mass is 280 g/mol. The third-order valence-corrected chi connectivity index (χ3v) is 4.60. The molecular weight excluding hydrogens is 264 g/mol. The molecule has 19 heavy (non-hydrogen) atoms. The van der Waals surface area contributed by atoms with Gasteiger partial charge in [0.1, 0.15) is 17.6 Å². The highest BCUT2D eigenvalue weighted by atomic mass is 32.2. The van der Waals surface area contributed by atoms with Gasteiger partial charge in [0.05, 0.1) is 11.3 Å². The fraction of sp³-hybridized carbons (Fsp3) is 0.357. The number of furan rings is 1. The summed E-state index contributed by atoms with van der Waals surface area (Å²) in [4.78, 5) is 12.1. The van der Waals surface area contributed by atoms with Crippen LogP contribution in [0.5, 0.6) is 0 Å². The van der Waals surface area contributed by atoms with Gasteiger partial charge in [0.2, 0.25) is 0 Å². The van der Waals surface area contributed by atoms with Gasteiger partial charge in [0.25, 0.3) is 0 Å². The summed E-state index contributed by atoms with van der Waals surface area (Å²) in [5.41, 5.74) is 0.926. The molecule has 0 saturated carbocycles. The number of fused-ring (bicyclic) bond motifs is 1. The van der Waals surface area contributed by atoms with Gasteiger partial charge >= 0.3 is 0 Å². The summed E-state index contributed by atoms with van der Waals surface area (Å²) < 4.78 is 28.9. The minimum atomic E-state index is -3.37. The Morgan fingerprint density at radius 3 is 2.63 bits per heavy atom. The van der Waals surface area contributed by atoms with Crippen molar-refractivity contribution in [2.24, 2.45) is 5.92 Å². The highest BCUT2D eigenvalue weighted by Gasteiger charge is 2.22. The van der Waals surface area contributed by atoms with Gasteiger partial charge in [-0.1, -0.05) is 32.0 Å². The van der Waals surface area contributed by atoms with Crippen LogP contribution in [0.2, 0.25) is 0 Å². The third kappa shape index (κ3) is 3.23. The van der Waals surface area contributed by atoms with Crippen LogP contribution in [0.3, 0.4) is 0 Å². The van der Waals surface area contributed by atoms with E-state index in [4.69, 9.17) is 4.42 Å². The Morgan fingerprint density at radius 1 is 1.26 bits per heavy atom. The summed E-state index contributed by atoms with van der Waals surface area (Å²) in [7, 11) is -3.37. The number of ketones is 1. The first kappa shape index (κ1) is 13.8. The molecule has 0 radical (unpaired) electrons. The lowest BCUT2D eigenvalue weighted by molar-refractivity contribution is 0.102. The highest BCUT2D eigenvalue weighted by molar-refractivity contribution is 7.92. The van der Waals surface area contributed by atoms with Crippen molar-refractivity contribution in [2.45, 2.75) is 13.8 Å². The minimum absolute atomic E-state index is 0.0129. The summed E-state index contributed by atoms with van der Waals surface area (Å²) in [6.07, 6.45) is 1.33. The van der Waals surface area contributed by atoms with Crippen molar-refractivity contribution < 1.29 is 17.6 Å². The van der Waals surface area contributed by atoms with Crippen LogP contribution in [0.1, 0.15) is 24.2 Å². The Kier molecular flexibility index (Phi) is 3.75. The van der Waals surface area contributed by atoms with Crippen LogP contribution in [0, 0.1) is 5.92 Å². The van der Waals surface area contributed by atoms with Gasteiger partial charge in [-0.05, 0) is 12.0 Å². The average molecular weight is 280 g/mol. The van der Waals surface area contributed by atoms with E-state index in [-0.39, 0.29) is 11.7 Å². The Morgan fingerprint density at radius 2 is 1.95 bits per heavy atom. The van der Waals surface area contributed by atoms with Gasteiger partial charge in [-0.15, -0.1) is 0 Å². The summed E-state index contributed by atoms with van der Waals surface area (Å²) >= 11 is 0. The first-order valence-corrected chi connectivity index (χ1v) is 7.91. The lowest BCUT2D eigenvalue weighted by Crippen LogP contribution is -2.21. The molecule has 0 saturated heterocycles. The van der Waals surface area contributed by atoms with Crippen LogP contribution >= 0.6 is 0 Å². The molecule has 2 rings (SSSR count). The molecule has 0 aliphatic carbocycles. The molecule has 0 unspecified atom stereocenters. The molecule has 0 aliphatic rings. The number of sulfone groups is 1. The smallest absolute Gasteiger partial charge is 0.181 e. The van der Waals surface area contributed by atoms with E-state index in [2.05, 4.69) is 0 Å². The first-order chi connectivity index (χ1) is 8.89. The number of Topliss-reactive ketones (excluding diaryl/α,β-unsaturated/α-hetero) is 1. The van der Waals surface area contributed by atoms with Crippen molar-refractivity contribution >= 4 is 26.6 Å². The van der Waals surface area contributed by atoms with Crippen molar-refractivity contribution in [3.05, 3.63) is 36.1 Å². The molecular formula is C14H16O4S. The van der Waals surface area contributed by atoms with Gasteiger partial charge in [-0.2, -0.15) is 0 Å². The van der Waals surface area contributed by atoms with Crippen molar-refractivity contribution in [1.29, 1.82) is 0 Å². The van der Waals surface area contributed by atoms with E-state index < -0.39 is 21.4 Å². The second-order valence-electron chi connectivity index (χ2n) is 5.02. The maximum Gasteiger partial charge on any atom is 0.181 e. The largest absolute Gasteiger partial charge is 0.464 e. The van der Waals surface area contributed by atoms with Crippen LogP contribution in [0.4, 0.5) is 0 Å². The summed E-state index contributed by atoms with van der Waals surface area (Å²) in [6, 6.07) is 7.09. The average Bonchev–Trinajstić information content (AvgIpc) is 2.69. The van der Waals surface area contributed by atoms with Crippen molar-refractivity contribution in [3.63, 3.8) is 0 Å². The second-order valence-corrected chi connectivity index (χ2v) is 7.13. The fourth-order valence-corrected chi connectivity index (χ4v) is 3.73. The molecule has 2 aromatic rings. The van der Waals surface area contributed by atoms with Gasteiger partial charge in [-0.25, -0.2) is 8.42 Å². The van der Waals surface area contributed by atoms with Crippen LogP contribution in [-0.2, 0) is 9.84 Å². The third-order valence-electron chi connectivity index (χ3n) is 2.72. The number of benzene rings is 1. The number of para-hydroxylation sites is 1. The van der Waals surface area contributed by atoms with Crippen LogP contribution in [0.15, 0.2) is 34.9 Å². The van der Waals surface area contributed by atoms with E-state index in [9.17, 15) is 13.2 Å². The quantitative estimate of drug-likeness (QED) is 0.790. The molecule has 0 bridgehead atoms. The molecule has 0 N–H and O–H groups in total. The molecule has 1 heterocycles. The van der Waals surface area contributed by atoms with E-state index in [1.807, 2.05) is 13.8 Å². The molecule has 0 amide bonds. The predicted octanol–water partition coefficient (Wildman–Crippen LogP) is 2.69. The number of hydrogen-bond donors (Lipinski definition) is 0. The summed E-state index contributed by atoms with van der Waals surface area (Å²) in [5, 5.41) is 0.659. The second kappa shape index (κ2) is 5.17. The Labute approximate surface area is 112 Å². The van der Waals surface area contributed by atoms with Gasteiger partial charge < -0.3 is 4.42 Å². The lowest BCUT2D eigenvalue weighted by Gasteiger charge is -2.05. The molecule has 0 spiro atoms. The zero-order chi connectivity index (χ0) is 14.0. The van der Waals surface area contributed by atoms with Crippen molar-refractivity contribution in [1.82, 2.24) is 0 Å². The van der Waals surface area contributed by atoms with Crippen molar-refractivity contribution in [2.75, 3.05) is 11.5 Å². The highest BCUT2D eigenvalue weighted by Crippen LogP contribution is 2.21. The summed E-state index contributed by atoms with van der Waals surface area (Å²) in [5.74, 6) is -0.840. The Balaban J connectivity index is 2.26. The zero-order valence-electron chi connectivity index (χ0n) is 10.9. The Hall–Kier alpha value is -1.62. The maximum absolute atomic E-state index is 12.1. The van der Waals surface area contributed by atoms with Crippen LogP contribution < -0.4 is 0 Å². The molecule has 0 aliphatic heterocycles. The summed E-state index contributed by atoms with van der Waals surface area (Å²) in [6.45, 7) is 3.63. The van der Waals surface area contributed by atoms with Crippen molar-refractivity contribution in [3.8, 4) is 0 Å². The molecule has 5 heteroatoms. The normalized spacial score (nSPS) is 12.2. The standard InChI is InChI=1S/C14H16O4S/c1-10(2)8-19(16,17)9-13(15)12-7-18-14-6-4-3-5-11(12)14/h3-7,10H,8-9H2,1-2H3. The number of carbonyl (C=O) groups excluding carboxylic acids is 1. The Bertz CT molecular complexity index is 695. The number of rotatable bonds is 5. The van der Waals surface area contributed by atoms with Gasteiger partial charge in [-0.3, -0.25) is 4.79 Å². The topological polar surface area (TPSA) is 64.3 Å². The van der Waals surface area contributed by atoms with Gasteiger partial charge in [0.15, 0.2) is 15.6 Å². The lowest BCUT2D eigenvalue weighted by atomic mass is 10.1. The van der Waals surface area contributed by atoms with E-state index in [1.54, 1.807) is 24.3 Å².